The number of nitrogen functional groups attached to an aromatic ring is 2. The van der Waals surface area contributed by atoms with Crippen molar-refractivity contribution in [3.8, 4) is 0 Å². The number of halogens is 2. The first-order chi connectivity index (χ1) is 14.0. The molecule has 8 heteroatoms. The van der Waals surface area contributed by atoms with Crippen molar-refractivity contribution in [2.24, 2.45) is 0 Å². The highest BCUT2D eigenvalue weighted by Gasteiger charge is 2.02. The Hall–Kier alpha value is -2.96. The number of benzene rings is 2. The molecule has 0 unspecified atom stereocenters. The molecule has 2 aromatic carbocycles. The number of aryl methyl sites for hydroxylation is 2. The van der Waals surface area contributed by atoms with E-state index < -0.39 is 5.97 Å². The molecule has 0 radical (unpaired) electrons. The van der Waals surface area contributed by atoms with Gasteiger partial charge >= 0.3 is 11.9 Å². The minimum absolute atomic E-state index is 0.359. The van der Waals surface area contributed by atoms with Gasteiger partial charge in [0.2, 0.25) is 0 Å². The zero-order chi connectivity index (χ0) is 22.8. The molecule has 0 aromatic heterocycles. The maximum Gasteiger partial charge on any atom is 0.330 e. The molecule has 0 heterocycles. The van der Waals surface area contributed by atoms with Gasteiger partial charge in [-0.2, -0.15) is 0 Å². The molecule has 30 heavy (non-hydrogen) atoms. The Bertz CT molecular complexity index is 986. The van der Waals surface area contributed by atoms with E-state index in [1.807, 2.05) is 19.9 Å². The lowest BCUT2D eigenvalue weighted by Crippen LogP contribution is -1.99. The second kappa shape index (κ2) is 11.9. The normalized spacial score (nSPS) is 10.7. The molecule has 0 atom stereocenters. The zero-order valence-electron chi connectivity index (χ0n) is 16.9. The number of nitrogens with two attached hydrogens (primary N) is 2. The van der Waals surface area contributed by atoms with Crippen LogP contribution in [-0.2, 0) is 14.3 Å². The van der Waals surface area contributed by atoms with Crippen molar-refractivity contribution in [3.05, 3.63) is 68.7 Å². The van der Waals surface area contributed by atoms with Gasteiger partial charge in [-0.05, 0) is 79.4 Å². The molecule has 0 fully saturated rings. The molecule has 0 saturated carbocycles. The first-order valence-electron chi connectivity index (χ1n) is 8.92. The van der Waals surface area contributed by atoms with Gasteiger partial charge < -0.3 is 21.3 Å². The third-order valence-electron chi connectivity index (χ3n) is 3.82. The molecule has 0 bridgehead atoms. The molecular weight excluding hydrogens is 427 g/mol. The summed E-state index contributed by atoms with van der Waals surface area (Å²) < 4.78 is 4.76. The fourth-order valence-corrected chi connectivity index (χ4v) is 2.58. The van der Waals surface area contributed by atoms with Crippen molar-refractivity contribution >= 4 is 58.7 Å². The molecule has 0 aliphatic rings. The van der Waals surface area contributed by atoms with Gasteiger partial charge in [-0.3, -0.25) is 0 Å². The lowest BCUT2D eigenvalue weighted by atomic mass is 10.1. The minimum atomic E-state index is -1.00. The van der Waals surface area contributed by atoms with Crippen LogP contribution in [0.3, 0.4) is 0 Å². The van der Waals surface area contributed by atoms with Crippen molar-refractivity contribution in [2.45, 2.75) is 20.8 Å². The van der Waals surface area contributed by atoms with E-state index in [-0.39, 0.29) is 5.97 Å². The van der Waals surface area contributed by atoms with Crippen LogP contribution in [0.25, 0.3) is 12.2 Å². The number of carboxylic acids is 1. The Morgan fingerprint density at radius 2 is 1.37 bits per heavy atom. The van der Waals surface area contributed by atoms with E-state index in [9.17, 15) is 9.59 Å². The zero-order valence-corrected chi connectivity index (χ0v) is 18.4. The molecule has 2 aromatic rings. The van der Waals surface area contributed by atoms with Crippen LogP contribution in [0, 0.1) is 13.8 Å². The smallest absolute Gasteiger partial charge is 0.330 e. The summed E-state index contributed by atoms with van der Waals surface area (Å²) in [5.74, 6) is -1.38. The molecule has 0 spiro atoms. The molecule has 5 N–H and O–H groups in total. The van der Waals surface area contributed by atoms with Crippen LogP contribution in [0.4, 0.5) is 11.4 Å². The Kier molecular flexibility index (Phi) is 9.95. The lowest BCUT2D eigenvalue weighted by Gasteiger charge is -2.04. The monoisotopic (exact) mass is 450 g/mol. The standard InChI is InChI=1S/C12H14ClNO2.C10H10ClNO2/c1-3-16-12(15)5-4-9-6-8(2)10(13)7-11(9)14;1-6-4-7(2-3-10(13)14)9(12)5-8(6)11/h4-7H,3,14H2,1-2H3;2-5H,12H2,1H3,(H,13,14)/b5-4+;3-2+. The van der Waals surface area contributed by atoms with E-state index >= 15 is 0 Å². The minimum Gasteiger partial charge on any atom is -0.478 e. The predicted octanol–water partition coefficient (Wildman–Crippen LogP) is 5.14. The Morgan fingerprint density at radius 3 is 1.77 bits per heavy atom. The molecule has 0 aliphatic carbocycles. The Balaban J connectivity index is 0.000000303. The number of rotatable bonds is 5. The Morgan fingerprint density at radius 1 is 0.933 bits per heavy atom. The molecule has 6 nitrogen and oxygen atoms in total. The highest BCUT2D eigenvalue weighted by atomic mass is 35.5. The number of esters is 1. The van der Waals surface area contributed by atoms with Gasteiger partial charge in [0.25, 0.3) is 0 Å². The van der Waals surface area contributed by atoms with Gasteiger partial charge in [-0.25, -0.2) is 9.59 Å². The van der Waals surface area contributed by atoms with Gasteiger partial charge in [-0.15, -0.1) is 0 Å². The number of hydrogen-bond donors (Lipinski definition) is 3. The van der Waals surface area contributed by atoms with Crippen LogP contribution >= 0.6 is 23.2 Å². The highest BCUT2D eigenvalue weighted by Crippen LogP contribution is 2.24. The van der Waals surface area contributed by atoms with Crippen LogP contribution in [0.1, 0.15) is 29.2 Å². The van der Waals surface area contributed by atoms with E-state index in [1.165, 1.54) is 12.2 Å². The first kappa shape index (κ1) is 25.1. The van der Waals surface area contributed by atoms with Crippen molar-refractivity contribution < 1.29 is 19.4 Å². The third kappa shape index (κ3) is 8.19. The second-order valence-corrected chi connectivity index (χ2v) is 7.03. The van der Waals surface area contributed by atoms with E-state index in [0.717, 1.165) is 22.8 Å². The number of aliphatic carboxylic acids is 1. The van der Waals surface area contributed by atoms with Gasteiger partial charge in [0, 0.05) is 33.6 Å². The number of hydrogen-bond acceptors (Lipinski definition) is 5. The fourth-order valence-electron chi connectivity index (χ4n) is 2.24. The van der Waals surface area contributed by atoms with E-state index in [2.05, 4.69) is 0 Å². The van der Waals surface area contributed by atoms with Crippen LogP contribution in [-0.4, -0.2) is 23.7 Å². The van der Waals surface area contributed by atoms with Crippen LogP contribution in [0.2, 0.25) is 10.0 Å². The van der Waals surface area contributed by atoms with Crippen LogP contribution < -0.4 is 11.5 Å². The highest BCUT2D eigenvalue weighted by molar-refractivity contribution is 6.32. The fraction of sp³-hybridized carbons (Fsp3) is 0.182. The van der Waals surface area contributed by atoms with Crippen LogP contribution in [0.5, 0.6) is 0 Å². The van der Waals surface area contributed by atoms with Crippen molar-refractivity contribution in [2.75, 3.05) is 18.1 Å². The van der Waals surface area contributed by atoms with Crippen molar-refractivity contribution in [3.63, 3.8) is 0 Å². The van der Waals surface area contributed by atoms with Gasteiger partial charge in [0.15, 0.2) is 0 Å². The number of carboxylic acid groups (broad SMARTS) is 1. The molecule has 2 rings (SSSR count). The van der Waals surface area contributed by atoms with Gasteiger partial charge in [0.1, 0.15) is 0 Å². The summed E-state index contributed by atoms with van der Waals surface area (Å²) in [6, 6.07) is 6.85. The molecule has 0 aliphatic heterocycles. The third-order valence-corrected chi connectivity index (χ3v) is 4.63. The van der Waals surface area contributed by atoms with E-state index in [4.69, 9.17) is 44.5 Å². The van der Waals surface area contributed by atoms with Gasteiger partial charge in [0.05, 0.1) is 6.61 Å². The maximum absolute atomic E-state index is 11.1. The number of carbonyl (C=O) groups is 2. The molecule has 0 amide bonds. The first-order valence-corrected chi connectivity index (χ1v) is 9.67. The number of carbonyl (C=O) groups excluding carboxylic acids is 1. The van der Waals surface area contributed by atoms with Gasteiger partial charge in [-0.1, -0.05) is 23.2 Å². The predicted molar refractivity (Wildman–Crippen MR) is 124 cm³/mol. The lowest BCUT2D eigenvalue weighted by molar-refractivity contribution is -0.137. The topological polar surface area (TPSA) is 116 Å². The average molecular weight is 451 g/mol. The molecular formula is C22H24Cl2N2O4. The largest absolute Gasteiger partial charge is 0.478 e. The number of ether oxygens (including phenoxy) is 1. The quantitative estimate of drug-likeness (QED) is 0.330. The Labute approximate surface area is 185 Å². The second-order valence-electron chi connectivity index (χ2n) is 6.22. The van der Waals surface area contributed by atoms with E-state index in [0.29, 0.717) is 33.6 Å². The molecule has 160 valence electrons. The summed E-state index contributed by atoms with van der Waals surface area (Å²) >= 11 is 11.7. The van der Waals surface area contributed by atoms with Crippen molar-refractivity contribution in [1.29, 1.82) is 0 Å². The maximum atomic E-state index is 11.1. The summed E-state index contributed by atoms with van der Waals surface area (Å²) in [6.07, 6.45) is 5.46. The van der Waals surface area contributed by atoms with E-state index in [1.54, 1.807) is 31.2 Å². The summed E-state index contributed by atoms with van der Waals surface area (Å²) in [5, 5.41) is 9.63. The summed E-state index contributed by atoms with van der Waals surface area (Å²) in [4.78, 5) is 21.4. The van der Waals surface area contributed by atoms with Crippen LogP contribution in [0.15, 0.2) is 36.4 Å². The average Bonchev–Trinajstić information content (AvgIpc) is 2.66. The summed E-state index contributed by atoms with van der Waals surface area (Å²) in [6.45, 7) is 5.83. The summed E-state index contributed by atoms with van der Waals surface area (Å²) in [5.41, 5.74) is 15.6. The molecule has 0 saturated heterocycles. The summed E-state index contributed by atoms with van der Waals surface area (Å²) in [7, 11) is 0. The number of anilines is 2. The van der Waals surface area contributed by atoms with Crippen molar-refractivity contribution in [1.82, 2.24) is 0 Å². The SMILES string of the molecule is CCOC(=O)/C=C/c1cc(C)c(Cl)cc1N.Cc1cc(/C=C/C(=O)O)c(N)cc1Cl.